The third-order valence-electron chi connectivity index (χ3n) is 2.14. The first-order chi connectivity index (χ1) is 8.97. The molecule has 8 heteroatoms. The van der Waals surface area contributed by atoms with Crippen molar-refractivity contribution in [3.63, 3.8) is 0 Å². The van der Waals surface area contributed by atoms with Gasteiger partial charge in [-0.15, -0.1) is 0 Å². The van der Waals surface area contributed by atoms with Crippen molar-refractivity contribution in [1.29, 1.82) is 0 Å². The lowest BCUT2D eigenvalue weighted by Crippen LogP contribution is -2.37. The largest absolute Gasteiger partial charge is 0.382 e. The lowest BCUT2D eigenvalue weighted by Gasteiger charge is -2.13. The summed E-state index contributed by atoms with van der Waals surface area (Å²) in [4.78, 5) is 4.01. The molecule has 1 rings (SSSR count). The maximum Gasteiger partial charge on any atom is 0.210 e. The third kappa shape index (κ3) is 4.42. The monoisotopic (exact) mass is 276 g/mol. The van der Waals surface area contributed by atoms with Crippen LogP contribution in [0, 0.1) is 17.5 Å². The molecule has 1 aromatic carbocycles. The zero-order chi connectivity index (χ0) is 14.4. The van der Waals surface area contributed by atoms with E-state index in [1.807, 2.05) is 0 Å². The molecular formula is C11H15F3N4O. The van der Waals surface area contributed by atoms with E-state index in [0.29, 0.717) is 12.7 Å². The number of hydrogen-bond donors (Lipinski definition) is 3. The van der Waals surface area contributed by atoms with Gasteiger partial charge in [-0.3, -0.25) is 5.43 Å². The van der Waals surface area contributed by atoms with Gasteiger partial charge < -0.3 is 10.1 Å². The lowest BCUT2D eigenvalue weighted by molar-refractivity contribution is 0.185. The fourth-order valence-electron chi connectivity index (χ4n) is 1.38. The summed E-state index contributed by atoms with van der Waals surface area (Å²) in [5, 5.41) is 2.37. The van der Waals surface area contributed by atoms with Gasteiger partial charge in [0.25, 0.3) is 0 Å². The van der Waals surface area contributed by atoms with Crippen molar-refractivity contribution in [1.82, 2.24) is 5.43 Å². The highest BCUT2D eigenvalue weighted by atomic mass is 19.2. The predicted molar refractivity (Wildman–Crippen MR) is 66.0 cm³/mol. The maximum atomic E-state index is 13.4. The Bertz CT molecular complexity index is 467. The Balaban J connectivity index is 2.93. The van der Waals surface area contributed by atoms with E-state index in [4.69, 9.17) is 10.6 Å². The van der Waals surface area contributed by atoms with Crippen LogP contribution in [0.15, 0.2) is 17.1 Å². The molecule has 0 heterocycles. The van der Waals surface area contributed by atoms with E-state index in [9.17, 15) is 13.2 Å². The van der Waals surface area contributed by atoms with Crippen LogP contribution in [0.4, 0.5) is 18.9 Å². The van der Waals surface area contributed by atoms with Crippen LogP contribution in [0.25, 0.3) is 0 Å². The number of ether oxygens (including phenoxy) is 1. The summed E-state index contributed by atoms with van der Waals surface area (Å²) >= 11 is 0. The summed E-state index contributed by atoms with van der Waals surface area (Å²) in [5.74, 6) is 1.73. The molecule has 1 unspecified atom stereocenters. The molecule has 0 amide bonds. The Kier molecular flexibility index (Phi) is 5.58. The minimum absolute atomic E-state index is 0.0338. The van der Waals surface area contributed by atoms with Crippen LogP contribution >= 0.6 is 0 Å². The van der Waals surface area contributed by atoms with Gasteiger partial charge in [0, 0.05) is 19.2 Å². The SMILES string of the molecule is COCC(C)N=C(NN)Nc1cc(F)cc(F)c1F. The number of anilines is 1. The zero-order valence-electron chi connectivity index (χ0n) is 10.5. The van der Waals surface area contributed by atoms with Gasteiger partial charge >= 0.3 is 0 Å². The van der Waals surface area contributed by atoms with Gasteiger partial charge in [-0.25, -0.2) is 24.0 Å². The second kappa shape index (κ2) is 6.95. The van der Waals surface area contributed by atoms with Crippen LogP contribution < -0.4 is 16.6 Å². The van der Waals surface area contributed by atoms with Crippen molar-refractivity contribution in [2.75, 3.05) is 19.0 Å². The summed E-state index contributed by atoms with van der Waals surface area (Å²) in [7, 11) is 1.50. The van der Waals surface area contributed by atoms with Gasteiger partial charge in [0.05, 0.1) is 18.3 Å². The average Bonchev–Trinajstić information content (AvgIpc) is 2.34. The molecule has 5 nitrogen and oxygen atoms in total. The molecule has 0 aromatic heterocycles. The Hall–Kier alpha value is -1.80. The standard InChI is InChI=1S/C11H15F3N4O/c1-6(5-19-2)16-11(18-15)17-9-4-7(12)3-8(13)10(9)14/h3-4,6H,5,15H2,1-2H3,(H2,16,17,18). The first kappa shape index (κ1) is 15.3. The average molecular weight is 276 g/mol. The van der Waals surface area contributed by atoms with Crippen molar-refractivity contribution >= 4 is 11.6 Å². The molecule has 0 spiro atoms. The highest BCUT2D eigenvalue weighted by Gasteiger charge is 2.12. The van der Waals surface area contributed by atoms with Gasteiger partial charge in [-0.05, 0) is 6.92 Å². The van der Waals surface area contributed by atoms with E-state index >= 15 is 0 Å². The third-order valence-corrected chi connectivity index (χ3v) is 2.14. The Morgan fingerprint density at radius 1 is 1.42 bits per heavy atom. The van der Waals surface area contributed by atoms with Crippen molar-refractivity contribution in [2.24, 2.45) is 10.8 Å². The molecule has 1 atom stereocenters. The fourth-order valence-corrected chi connectivity index (χ4v) is 1.38. The van der Waals surface area contributed by atoms with Gasteiger partial charge in [-0.1, -0.05) is 0 Å². The Labute approximate surface area is 108 Å². The Morgan fingerprint density at radius 2 is 2.11 bits per heavy atom. The first-order valence-electron chi connectivity index (χ1n) is 5.42. The second-order valence-corrected chi connectivity index (χ2v) is 3.80. The summed E-state index contributed by atoms with van der Waals surface area (Å²) in [6.07, 6.45) is 0. The van der Waals surface area contributed by atoms with Crippen molar-refractivity contribution in [3.8, 4) is 0 Å². The number of rotatable bonds is 4. The van der Waals surface area contributed by atoms with Crippen LogP contribution in [-0.4, -0.2) is 25.7 Å². The van der Waals surface area contributed by atoms with Crippen LogP contribution in [0.3, 0.4) is 0 Å². The predicted octanol–water partition coefficient (Wildman–Crippen LogP) is 1.37. The molecule has 1 aromatic rings. The van der Waals surface area contributed by atoms with Gasteiger partial charge in [-0.2, -0.15) is 0 Å². The number of hydrazine groups is 1. The molecule has 106 valence electrons. The number of hydrogen-bond acceptors (Lipinski definition) is 3. The van der Waals surface area contributed by atoms with Crippen molar-refractivity contribution < 1.29 is 17.9 Å². The quantitative estimate of drug-likeness (QED) is 0.255. The second-order valence-electron chi connectivity index (χ2n) is 3.80. The highest BCUT2D eigenvalue weighted by Crippen LogP contribution is 2.18. The van der Waals surface area contributed by atoms with Crippen LogP contribution in [0.5, 0.6) is 0 Å². The molecule has 19 heavy (non-hydrogen) atoms. The number of nitrogens with one attached hydrogen (secondary N) is 2. The summed E-state index contributed by atoms with van der Waals surface area (Å²) in [6, 6.07) is 0.970. The van der Waals surface area contributed by atoms with E-state index in [2.05, 4.69) is 15.7 Å². The normalized spacial score (nSPS) is 13.3. The van der Waals surface area contributed by atoms with Crippen LogP contribution in [0.2, 0.25) is 0 Å². The van der Waals surface area contributed by atoms with Crippen molar-refractivity contribution in [3.05, 3.63) is 29.6 Å². The molecule has 0 saturated heterocycles. The summed E-state index contributed by atoms with van der Waals surface area (Å²) in [5.41, 5.74) is 1.77. The zero-order valence-corrected chi connectivity index (χ0v) is 10.5. The molecule has 0 aliphatic heterocycles. The smallest absolute Gasteiger partial charge is 0.210 e. The molecule has 0 saturated carbocycles. The van der Waals surface area contributed by atoms with Gasteiger partial charge in [0.1, 0.15) is 5.82 Å². The molecule has 0 bridgehead atoms. The molecule has 0 fully saturated rings. The van der Waals surface area contributed by atoms with Crippen molar-refractivity contribution in [2.45, 2.75) is 13.0 Å². The number of halogens is 3. The summed E-state index contributed by atoms with van der Waals surface area (Å²) in [6.45, 7) is 2.04. The number of methoxy groups -OCH3 is 1. The topological polar surface area (TPSA) is 71.7 Å². The van der Waals surface area contributed by atoms with Gasteiger partial charge in [0.2, 0.25) is 5.96 Å². The molecule has 4 N–H and O–H groups in total. The van der Waals surface area contributed by atoms with E-state index < -0.39 is 23.1 Å². The number of nitrogens with zero attached hydrogens (tertiary/aromatic N) is 1. The molecule has 0 aliphatic carbocycles. The number of benzene rings is 1. The van der Waals surface area contributed by atoms with Gasteiger partial charge in [0.15, 0.2) is 11.6 Å². The molecule has 0 aliphatic rings. The van der Waals surface area contributed by atoms with Crippen LogP contribution in [-0.2, 0) is 4.74 Å². The summed E-state index contributed by atoms with van der Waals surface area (Å²) < 4.78 is 44.3. The first-order valence-corrected chi connectivity index (χ1v) is 5.42. The molecule has 0 radical (unpaired) electrons. The van der Waals surface area contributed by atoms with E-state index in [-0.39, 0.29) is 12.0 Å². The number of nitrogens with two attached hydrogens (primary N) is 1. The number of guanidine groups is 1. The van der Waals surface area contributed by atoms with Crippen LogP contribution in [0.1, 0.15) is 6.92 Å². The fraction of sp³-hybridized carbons (Fsp3) is 0.364. The maximum absolute atomic E-state index is 13.4. The van der Waals surface area contributed by atoms with E-state index in [0.717, 1.165) is 6.07 Å². The lowest BCUT2D eigenvalue weighted by atomic mass is 10.3. The Morgan fingerprint density at radius 3 is 2.68 bits per heavy atom. The minimum Gasteiger partial charge on any atom is -0.382 e. The highest BCUT2D eigenvalue weighted by molar-refractivity contribution is 5.93. The van der Waals surface area contributed by atoms with E-state index in [1.54, 1.807) is 6.92 Å². The molecular weight excluding hydrogens is 261 g/mol. The minimum atomic E-state index is -1.30. The number of aliphatic imine (C=N–C) groups is 1. The van der Waals surface area contributed by atoms with E-state index in [1.165, 1.54) is 7.11 Å².